The number of hydrogen-bond acceptors (Lipinski definition) is 10. The fourth-order valence-corrected chi connectivity index (χ4v) is 8.74. The smallest absolute Gasteiger partial charge is 0.407 e. The van der Waals surface area contributed by atoms with E-state index in [2.05, 4.69) is 42.1 Å². The van der Waals surface area contributed by atoms with Crippen LogP contribution in [0.2, 0.25) is 0 Å². The van der Waals surface area contributed by atoms with Gasteiger partial charge in [0.25, 0.3) is 6.43 Å². The molecule has 0 saturated carbocycles. The number of rotatable bonds is 17. The Bertz CT molecular complexity index is 2240. The summed E-state index contributed by atoms with van der Waals surface area (Å²) in [5.41, 5.74) is 1.60. The minimum Gasteiger partial charge on any atom is -0.453 e. The number of benzene rings is 2. The Hall–Kier alpha value is -5.41. The van der Waals surface area contributed by atoms with E-state index in [0.29, 0.717) is 41.5 Å². The quantitative estimate of drug-likeness (QED) is 0.0827. The lowest BCUT2D eigenvalue weighted by atomic mass is 9.77. The van der Waals surface area contributed by atoms with E-state index in [4.69, 9.17) is 9.72 Å². The average molecular weight is 892 g/mol. The van der Waals surface area contributed by atoms with Crippen molar-refractivity contribution < 1.29 is 46.1 Å². The summed E-state index contributed by atoms with van der Waals surface area (Å²) in [7, 11) is 0.993. The molecule has 3 aliphatic rings. The van der Waals surface area contributed by atoms with Crippen molar-refractivity contribution in [3.8, 4) is 23.1 Å². The minimum absolute atomic E-state index is 0.0147. The Morgan fingerprint density at radius 1 is 0.922 bits per heavy atom. The van der Waals surface area contributed by atoms with Gasteiger partial charge >= 0.3 is 12.3 Å². The Morgan fingerprint density at radius 2 is 1.58 bits per heavy atom. The molecule has 7 rings (SSSR count). The number of alkyl carbamates (subject to hydrolysis) is 1. The number of aromatic nitrogens is 3. The summed E-state index contributed by atoms with van der Waals surface area (Å²) in [4.78, 5) is 35.7. The van der Waals surface area contributed by atoms with Crippen LogP contribution in [0.5, 0.6) is 0 Å². The molecule has 2 aromatic carbocycles. The van der Waals surface area contributed by atoms with Gasteiger partial charge in [0.2, 0.25) is 0 Å². The normalized spacial score (nSPS) is 19.4. The van der Waals surface area contributed by atoms with E-state index in [1.54, 1.807) is 48.7 Å². The van der Waals surface area contributed by atoms with Crippen molar-refractivity contribution in [2.45, 2.75) is 95.5 Å². The van der Waals surface area contributed by atoms with E-state index in [-0.39, 0.29) is 13.0 Å². The molecule has 2 bridgehead atoms. The van der Waals surface area contributed by atoms with Gasteiger partial charge in [-0.25, -0.2) is 18.6 Å². The molecule has 0 spiro atoms. The highest BCUT2D eigenvalue weighted by atomic mass is 19.4. The standard InChI is InChI=1S/C47H54F5N7O5/c1-46(2,47(50,51)52)44(55-45(62)63-3)40(60)21-35(41(61)24-53-22-32-10-13-34(14-11-32)39-18-19-58(56-39)27-42(48)49)20-31-7-4-30(5-8-31)6-9-33-12-17-43(54-23-33)57-25-36-15-16-37(26-57)59(36)38-28-64-29-38/h4-5,7-8,10-14,17-19,23,35-38,41-42,44,53,61H,15-16,20-22,24-29H2,1-3H3,(H,55,62)/t35-,36?,37?,41+,44-/m1/s1. The highest BCUT2D eigenvalue weighted by Gasteiger charge is 2.55. The summed E-state index contributed by atoms with van der Waals surface area (Å²) in [6.45, 7) is 4.97. The van der Waals surface area contributed by atoms with Crippen molar-refractivity contribution in [3.63, 3.8) is 0 Å². The number of halogens is 5. The molecule has 17 heteroatoms. The number of alkyl halides is 5. The maximum absolute atomic E-state index is 14.3. The second kappa shape index (κ2) is 20.2. The van der Waals surface area contributed by atoms with Crippen LogP contribution in [0.1, 0.15) is 55.4 Å². The van der Waals surface area contributed by atoms with Crippen LogP contribution in [0.15, 0.2) is 79.1 Å². The maximum atomic E-state index is 14.3. The molecule has 1 amide bonds. The summed E-state index contributed by atoms with van der Waals surface area (Å²) in [5, 5.41) is 21.0. The summed E-state index contributed by atoms with van der Waals surface area (Å²) < 4.78 is 79.5. The van der Waals surface area contributed by atoms with Crippen molar-refractivity contribution in [2.24, 2.45) is 11.3 Å². The number of ketones is 1. The van der Waals surface area contributed by atoms with E-state index in [1.807, 2.05) is 24.3 Å². The number of nitrogens with zero attached hydrogens (tertiary/aromatic N) is 5. The highest BCUT2D eigenvalue weighted by Crippen LogP contribution is 2.42. The molecule has 3 N–H and O–H groups in total. The van der Waals surface area contributed by atoms with Crippen LogP contribution in [-0.4, -0.2) is 119 Å². The number of nitrogens with one attached hydrogen (secondary N) is 2. The first-order chi connectivity index (χ1) is 30.6. The Kier molecular flexibility index (Phi) is 14.7. The van der Waals surface area contributed by atoms with E-state index >= 15 is 0 Å². The van der Waals surface area contributed by atoms with E-state index in [1.165, 1.54) is 23.7 Å². The number of carbonyl (C=O) groups is 2. The van der Waals surface area contributed by atoms with Crippen LogP contribution in [0.3, 0.4) is 0 Å². The minimum atomic E-state index is -4.86. The summed E-state index contributed by atoms with van der Waals surface area (Å²) in [6.07, 6.45) is -4.49. The lowest BCUT2D eigenvalue weighted by Crippen LogP contribution is -2.62. The molecule has 5 atom stereocenters. The molecule has 4 aromatic rings. The summed E-state index contributed by atoms with van der Waals surface area (Å²) >= 11 is 0. The van der Waals surface area contributed by atoms with Crippen LogP contribution in [0.25, 0.3) is 11.3 Å². The number of pyridine rings is 1. The van der Waals surface area contributed by atoms with Gasteiger partial charge in [-0.3, -0.25) is 14.4 Å². The summed E-state index contributed by atoms with van der Waals surface area (Å²) in [6, 6.07) is 19.6. The van der Waals surface area contributed by atoms with E-state index in [9.17, 15) is 36.6 Å². The molecule has 342 valence electrons. The van der Waals surface area contributed by atoms with Gasteiger partial charge in [0, 0.05) is 73.8 Å². The fraction of sp³-hybridized carbons (Fsp3) is 0.489. The molecule has 3 fully saturated rings. The van der Waals surface area contributed by atoms with Crippen LogP contribution >= 0.6 is 0 Å². The number of ether oxygens (including phenoxy) is 2. The molecule has 12 nitrogen and oxygen atoms in total. The number of methoxy groups -OCH3 is 1. The van der Waals surface area contributed by atoms with Crippen LogP contribution in [-0.2, 0) is 33.8 Å². The number of piperazine rings is 1. The Morgan fingerprint density at radius 3 is 2.17 bits per heavy atom. The predicted octanol–water partition coefficient (Wildman–Crippen LogP) is 6.24. The fourth-order valence-electron chi connectivity index (χ4n) is 8.74. The zero-order valence-electron chi connectivity index (χ0n) is 36.0. The zero-order valence-corrected chi connectivity index (χ0v) is 36.0. The molecule has 2 unspecified atom stereocenters. The third-order valence-electron chi connectivity index (χ3n) is 12.6. The third-order valence-corrected chi connectivity index (χ3v) is 12.6. The molecule has 5 heterocycles. The van der Waals surface area contributed by atoms with Gasteiger partial charge < -0.3 is 30.1 Å². The number of hydrogen-bond donors (Lipinski definition) is 3. The second-order valence-electron chi connectivity index (χ2n) is 17.4. The number of aliphatic hydroxyl groups is 1. The van der Waals surface area contributed by atoms with Gasteiger partial charge in [0.05, 0.1) is 43.6 Å². The molecule has 0 aliphatic carbocycles. The van der Waals surface area contributed by atoms with Crippen molar-refractivity contribution in [1.29, 1.82) is 0 Å². The number of aliphatic hydroxyl groups excluding tert-OH is 1. The molecular formula is C47H54F5N7O5. The van der Waals surface area contributed by atoms with Crippen LogP contribution in [0.4, 0.5) is 32.6 Å². The second-order valence-corrected chi connectivity index (χ2v) is 17.4. The molecule has 3 saturated heterocycles. The molecule has 3 aliphatic heterocycles. The van der Waals surface area contributed by atoms with Gasteiger partial charge in [-0.15, -0.1) is 0 Å². The van der Waals surface area contributed by atoms with Gasteiger partial charge in [0.1, 0.15) is 18.4 Å². The summed E-state index contributed by atoms with van der Waals surface area (Å²) in [5.74, 6) is 5.49. The number of amides is 1. The van der Waals surface area contributed by atoms with Crippen molar-refractivity contribution >= 4 is 17.7 Å². The predicted molar refractivity (Wildman–Crippen MR) is 229 cm³/mol. The Labute approximate surface area is 369 Å². The molecular weight excluding hydrogens is 838 g/mol. The third kappa shape index (κ3) is 11.3. The maximum Gasteiger partial charge on any atom is 0.407 e. The first kappa shape index (κ1) is 46.6. The monoisotopic (exact) mass is 891 g/mol. The topological polar surface area (TPSA) is 134 Å². The highest BCUT2D eigenvalue weighted by molar-refractivity contribution is 5.88. The van der Waals surface area contributed by atoms with Gasteiger partial charge in [-0.1, -0.05) is 48.2 Å². The number of Topliss-reactive ketones (excluding diaryl/α,β-unsaturated/α-hetero) is 1. The zero-order chi connectivity index (χ0) is 45.6. The first-order valence-electron chi connectivity index (χ1n) is 21.5. The van der Waals surface area contributed by atoms with Crippen LogP contribution < -0.4 is 15.5 Å². The van der Waals surface area contributed by atoms with Crippen LogP contribution in [0, 0.1) is 23.2 Å². The average Bonchev–Trinajstić information content (AvgIpc) is 3.80. The number of fused-ring (bicyclic) bond motifs is 2. The SMILES string of the molecule is COC(=O)N[C@H](C(=O)C[C@@H](Cc1ccc(C#Cc2ccc(N3CC4CCC(C3)N4C3COC3)nc2)cc1)[C@@H](O)CNCc1ccc(-c2ccn(CC(F)F)n2)cc1)C(C)(C)C(F)(F)F. The molecule has 2 aromatic heterocycles. The molecule has 64 heavy (non-hydrogen) atoms. The lowest BCUT2D eigenvalue weighted by molar-refractivity contribution is -0.220. The number of anilines is 1. The van der Waals surface area contributed by atoms with Crippen molar-refractivity contribution in [1.82, 2.24) is 30.3 Å². The Balaban J connectivity index is 0.999. The van der Waals surface area contributed by atoms with Gasteiger partial charge in [-0.2, -0.15) is 18.3 Å². The number of carbonyl (C=O) groups excluding carboxylic acids is 2. The lowest BCUT2D eigenvalue weighted by Gasteiger charge is -2.47. The van der Waals surface area contributed by atoms with E-state index in [0.717, 1.165) is 69.8 Å². The first-order valence-corrected chi connectivity index (χ1v) is 21.5. The van der Waals surface area contributed by atoms with Gasteiger partial charge in [0.15, 0.2) is 5.78 Å². The van der Waals surface area contributed by atoms with Crippen molar-refractivity contribution in [3.05, 3.63) is 101 Å². The van der Waals surface area contributed by atoms with Gasteiger partial charge in [-0.05, 0) is 80.5 Å². The van der Waals surface area contributed by atoms with Crippen molar-refractivity contribution in [2.75, 3.05) is 44.9 Å². The molecule has 0 radical (unpaired) electrons. The van der Waals surface area contributed by atoms with E-state index < -0.39 is 60.9 Å². The largest absolute Gasteiger partial charge is 0.453 e.